The van der Waals surface area contributed by atoms with Gasteiger partial charge in [-0.15, -0.1) is 11.3 Å². The van der Waals surface area contributed by atoms with Crippen molar-refractivity contribution in [2.75, 3.05) is 0 Å². The van der Waals surface area contributed by atoms with E-state index in [-0.39, 0.29) is 0 Å². The Bertz CT molecular complexity index is 269. The maximum absolute atomic E-state index is 10.6. The first-order chi connectivity index (χ1) is 4.61. The molecule has 0 radical (unpaired) electrons. The quantitative estimate of drug-likeness (QED) is 0.688. The van der Waals surface area contributed by atoms with Gasteiger partial charge in [0, 0.05) is 4.88 Å². The molecular formula is C6H4BrClOS. The predicted molar refractivity (Wildman–Crippen MR) is 46.9 cm³/mol. The zero-order valence-corrected chi connectivity index (χ0v) is 8.31. The number of rotatable bonds is 1. The lowest BCUT2D eigenvalue weighted by atomic mass is 10.3. The van der Waals surface area contributed by atoms with Crippen molar-refractivity contribution < 1.29 is 4.79 Å². The third-order valence-corrected chi connectivity index (χ3v) is 2.98. The van der Waals surface area contributed by atoms with Crippen molar-refractivity contribution in [3.63, 3.8) is 0 Å². The molecule has 0 N–H and O–H groups in total. The van der Waals surface area contributed by atoms with E-state index >= 15 is 0 Å². The van der Waals surface area contributed by atoms with Crippen LogP contribution in [0.5, 0.6) is 0 Å². The average molecular weight is 240 g/mol. The summed E-state index contributed by atoms with van der Waals surface area (Å²) < 4.78 is 0.810. The molecule has 0 aliphatic rings. The Labute approximate surface area is 76.1 Å². The highest BCUT2D eigenvalue weighted by molar-refractivity contribution is 9.11. The van der Waals surface area contributed by atoms with E-state index in [1.807, 2.05) is 6.92 Å². The molecule has 0 aromatic carbocycles. The molecule has 1 nitrogen and oxygen atoms in total. The molecule has 54 valence electrons. The van der Waals surface area contributed by atoms with E-state index in [4.69, 9.17) is 11.6 Å². The minimum Gasteiger partial charge on any atom is -0.276 e. The van der Waals surface area contributed by atoms with Crippen LogP contribution in [0.15, 0.2) is 9.85 Å². The predicted octanol–water partition coefficient (Wildman–Crippen LogP) is 3.20. The minimum absolute atomic E-state index is 0.406. The second-order valence-corrected chi connectivity index (χ2v) is 4.74. The molecule has 0 aliphatic heterocycles. The first-order valence-electron chi connectivity index (χ1n) is 2.57. The molecule has 1 rings (SSSR count). The zero-order chi connectivity index (χ0) is 7.72. The third kappa shape index (κ3) is 1.59. The maximum Gasteiger partial charge on any atom is 0.254 e. The molecule has 4 heteroatoms. The van der Waals surface area contributed by atoms with Crippen molar-refractivity contribution in [2.24, 2.45) is 0 Å². The second-order valence-electron chi connectivity index (χ2n) is 1.82. The van der Waals surface area contributed by atoms with Crippen molar-refractivity contribution in [1.29, 1.82) is 0 Å². The Hall–Kier alpha value is 0.140. The zero-order valence-electron chi connectivity index (χ0n) is 5.15. The lowest BCUT2D eigenvalue weighted by Gasteiger charge is -1.83. The molecule has 1 aromatic heterocycles. The summed E-state index contributed by atoms with van der Waals surface area (Å²) in [4.78, 5) is 11.7. The number of halogens is 2. The summed E-state index contributed by atoms with van der Waals surface area (Å²) in [6.07, 6.45) is 0. The topological polar surface area (TPSA) is 17.1 Å². The van der Waals surface area contributed by atoms with Gasteiger partial charge in [0.05, 0.1) is 9.35 Å². The summed E-state index contributed by atoms with van der Waals surface area (Å²) in [6, 6.07) is 1.77. The van der Waals surface area contributed by atoms with Crippen LogP contribution in [0.1, 0.15) is 15.2 Å². The van der Waals surface area contributed by atoms with Crippen LogP contribution in [-0.2, 0) is 0 Å². The Balaban J connectivity index is 3.15. The normalized spacial score (nSPS) is 9.90. The largest absolute Gasteiger partial charge is 0.276 e. The maximum atomic E-state index is 10.6. The summed E-state index contributed by atoms with van der Waals surface area (Å²) in [5, 5.41) is -0.406. The molecule has 0 atom stereocenters. The first kappa shape index (κ1) is 8.24. The second kappa shape index (κ2) is 3.03. The van der Waals surface area contributed by atoms with E-state index in [9.17, 15) is 4.79 Å². The van der Waals surface area contributed by atoms with Crippen molar-refractivity contribution in [3.05, 3.63) is 20.3 Å². The van der Waals surface area contributed by atoms with E-state index in [1.54, 1.807) is 6.07 Å². The van der Waals surface area contributed by atoms with Crippen LogP contribution in [0.2, 0.25) is 0 Å². The smallest absolute Gasteiger partial charge is 0.254 e. The molecule has 10 heavy (non-hydrogen) atoms. The van der Waals surface area contributed by atoms with Gasteiger partial charge in [-0.1, -0.05) is 0 Å². The van der Waals surface area contributed by atoms with Gasteiger partial charge in [-0.25, -0.2) is 0 Å². The highest BCUT2D eigenvalue weighted by atomic mass is 79.9. The van der Waals surface area contributed by atoms with Crippen LogP contribution in [0.4, 0.5) is 0 Å². The van der Waals surface area contributed by atoms with Gasteiger partial charge in [0.1, 0.15) is 0 Å². The van der Waals surface area contributed by atoms with Crippen LogP contribution in [0.25, 0.3) is 0 Å². The minimum atomic E-state index is -0.406. The summed E-state index contributed by atoms with van der Waals surface area (Å²) >= 11 is 10.00. The fraction of sp³-hybridized carbons (Fsp3) is 0.167. The van der Waals surface area contributed by atoms with Gasteiger partial charge in [-0.05, 0) is 40.5 Å². The van der Waals surface area contributed by atoms with Crippen LogP contribution >= 0.6 is 38.9 Å². The number of aryl methyl sites for hydroxylation is 1. The summed E-state index contributed by atoms with van der Waals surface area (Å²) in [6.45, 7) is 1.93. The molecule has 0 fully saturated rings. The van der Waals surface area contributed by atoms with Crippen molar-refractivity contribution >= 4 is 44.1 Å². The summed E-state index contributed by atoms with van der Waals surface area (Å²) in [7, 11) is 0. The fourth-order valence-electron chi connectivity index (χ4n) is 0.620. The van der Waals surface area contributed by atoms with Crippen molar-refractivity contribution in [1.82, 2.24) is 0 Å². The first-order valence-corrected chi connectivity index (χ1v) is 4.56. The molecule has 0 spiro atoms. The highest BCUT2D eigenvalue weighted by Gasteiger charge is 2.09. The Morgan fingerprint density at radius 1 is 1.80 bits per heavy atom. The molecule has 0 saturated carbocycles. The van der Waals surface area contributed by atoms with E-state index in [0.717, 1.165) is 8.66 Å². The van der Waals surface area contributed by atoms with Crippen molar-refractivity contribution in [2.45, 2.75) is 6.92 Å². The van der Waals surface area contributed by atoms with Crippen LogP contribution in [-0.4, -0.2) is 5.24 Å². The summed E-state index contributed by atoms with van der Waals surface area (Å²) in [5.74, 6) is 0. The van der Waals surface area contributed by atoms with Gasteiger partial charge in [0.15, 0.2) is 0 Å². The molecule has 0 amide bonds. The van der Waals surface area contributed by atoms with Crippen molar-refractivity contribution in [3.8, 4) is 0 Å². The highest BCUT2D eigenvalue weighted by Crippen LogP contribution is 2.28. The Kier molecular flexibility index (Phi) is 2.50. The van der Waals surface area contributed by atoms with E-state index < -0.39 is 5.24 Å². The molecule has 0 aliphatic carbocycles. The number of hydrogen-bond donors (Lipinski definition) is 0. The number of carbonyl (C=O) groups excluding carboxylic acids is 1. The van der Waals surface area contributed by atoms with E-state index in [0.29, 0.717) is 5.56 Å². The van der Waals surface area contributed by atoms with Crippen LogP contribution in [0.3, 0.4) is 0 Å². The number of hydrogen-bond acceptors (Lipinski definition) is 2. The van der Waals surface area contributed by atoms with Gasteiger partial charge in [0.2, 0.25) is 0 Å². The molecule has 1 heterocycles. The standard InChI is InChI=1S/C6H4BrClOS/c1-3-2-4(6(8)9)5(7)10-3/h2H,1H3. The molecule has 1 aromatic rings. The van der Waals surface area contributed by atoms with Gasteiger partial charge in [0.25, 0.3) is 5.24 Å². The van der Waals surface area contributed by atoms with E-state index in [2.05, 4.69) is 15.9 Å². The number of thiophene rings is 1. The van der Waals surface area contributed by atoms with E-state index in [1.165, 1.54) is 11.3 Å². The number of carbonyl (C=O) groups is 1. The lowest BCUT2D eigenvalue weighted by molar-refractivity contribution is 0.108. The monoisotopic (exact) mass is 238 g/mol. The molecule has 0 bridgehead atoms. The molecule has 0 saturated heterocycles. The molecule has 0 unspecified atom stereocenters. The van der Waals surface area contributed by atoms with Gasteiger partial charge < -0.3 is 0 Å². The Morgan fingerprint density at radius 2 is 2.40 bits per heavy atom. The third-order valence-electron chi connectivity index (χ3n) is 1.02. The Morgan fingerprint density at radius 3 is 2.60 bits per heavy atom. The fourth-order valence-corrected chi connectivity index (χ4v) is 2.72. The van der Waals surface area contributed by atoms with Crippen LogP contribution < -0.4 is 0 Å². The van der Waals surface area contributed by atoms with Gasteiger partial charge in [-0.2, -0.15) is 0 Å². The lowest BCUT2D eigenvalue weighted by Crippen LogP contribution is -1.83. The molecular weight excluding hydrogens is 235 g/mol. The average Bonchev–Trinajstić information content (AvgIpc) is 2.10. The van der Waals surface area contributed by atoms with Gasteiger partial charge in [-0.3, -0.25) is 4.79 Å². The van der Waals surface area contributed by atoms with Crippen LogP contribution in [0, 0.1) is 6.92 Å². The van der Waals surface area contributed by atoms with Gasteiger partial charge >= 0.3 is 0 Å². The SMILES string of the molecule is Cc1cc(C(=O)Cl)c(Br)s1. The summed E-state index contributed by atoms with van der Waals surface area (Å²) in [5.41, 5.74) is 0.559.